The van der Waals surface area contributed by atoms with Gasteiger partial charge in [-0.1, -0.05) is 42.0 Å². The molecule has 1 N–H and O–H groups in total. The Morgan fingerprint density at radius 3 is 2.52 bits per heavy atom. The van der Waals surface area contributed by atoms with Crippen LogP contribution in [-0.4, -0.2) is 46.2 Å². The topological polar surface area (TPSA) is 58.6 Å². The van der Waals surface area contributed by atoms with Crippen LogP contribution in [0.2, 0.25) is 0 Å². The maximum atomic E-state index is 13.0. The highest BCUT2D eigenvalue weighted by atomic mass is 32.2. The molecule has 27 heavy (non-hydrogen) atoms. The van der Waals surface area contributed by atoms with Crippen LogP contribution in [0, 0.1) is 12.7 Å². The SMILES string of the molecule is Cc1cccc(C(CNS(=O)(=O)Cc2ccc(F)cc2)N2CCOCC2)c1. The molecule has 0 spiro atoms. The maximum Gasteiger partial charge on any atom is 0.215 e. The first kappa shape index (κ1) is 19.9. The van der Waals surface area contributed by atoms with E-state index in [1.54, 1.807) is 0 Å². The predicted molar refractivity (Wildman–Crippen MR) is 103 cm³/mol. The van der Waals surface area contributed by atoms with Gasteiger partial charge in [-0.15, -0.1) is 0 Å². The Morgan fingerprint density at radius 1 is 1.15 bits per heavy atom. The number of morpholine rings is 1. The summed E-state index contributed by atoms with van der Waals surface area (Å²) in [5, 5.41) is 0. The van der Waals surface area contributed by atoms with Crippen molar-refractivity contribution in [3.8, 4) is 0 Å². The number of nitrogens with one attached hydrogen (secondary N) is 1. The molecular formula is C20H25FN2O3S. The highest BCUT2D eigenvalue weighted by Crippen LogP contribution is 2.22. The largest absolute Gasteiger partial charge is 0.379 e. The summed E-state index contributed by atoms with van der Waals surface area (Å²) < 4.78 is 46.2. The van der Waals surface area contributed by atoms with Crippen LogP contribution in [-0.2, 0) is 20.5 Å². The minimum atomic E-state index is -3.53. The summed E-state index contributed by atoms with van der Waals surface area (Å²) in [7, 11) is -3.53. The van der Waals surface area contributed by atoms with Gasteiger partial charge in [-0.25, -0.2) is 17.5 Å². The normalized spacial score (nSPS) is 17.0. The van der Waals surface area contributed by atoms with E-state index in [1.807, 2.05) is 25.1 Å². The van der Waals surface area contributed by atoms with Gasteiger partial charge in [0.2, 0.25) is 10.0 Å². The zero-order valence-corrected chi connectivity index (χ0v) is 16.2. The van der Waals surface area contributed by atoms with Gasteiger partial charge in [0.15, 0.2) is 0 Å². The Hall–Kier alpha value is -1.80. The molecule has 5 nitrogen and oxygen atoms in total. The highest BCUT2D eigenvalue weighted by molar-refractivity contribution is 7.88. The Kier molecular flexibility index (Phi) is 6.59. The number of nitrogens with zero attached hydrogens (tertiary/aromatic N) is 1. The smallest absolute Gasteiger partial charge is 0.215 e. The van der Waals surface area contributed by atoms with Crippen molar-refractivity contribution in [2.45, 2.75) is 18.7 Å². The van der Waals surface area contributed by atoms with Gasteiger partial charge >= 0.3 is 0 Å². The highest BCUT2D eigenvalue weighted by Gasteiger charge is 2.24. The van der Waals surface area contributed by atoms with Crippen LogP contribution in [0.5, 0.6) is 0 Å². The number of halogens is 1. The number of aryl methyl sites for hydroxylation is 1. The van der Waals surface area contributed by atoms with Crippen molar-refractivity contribution in [1.82, 2.24) is 9.62 Å². The van der Waals surface area contributed by atoms with Crippen molar-refractivity contribution in [3.63, 3.8) is 0 Å². The summed E-state index contributed by atoms with van der Waals surface area (Å²) in [5.74, 6) is -0.548. The summed E-state index contributed by atoms with van der Waals surface area (Å²) in [5.41, 5.74) is 2.78. The van der Waals surface area contributed by atoms with E-state index in [0.29, 0.717) is 18.8 Å². The van der Waals surface area contributed by atoms with Crippen LogP contribution in [0.25, 0.3) is 0 Å². The average Bonchev–Trinajstić information content (AvgIpc) is 2.64. The zero-order valence-electron chi connectivity index (χ0n) is 15.4. The molecule has 0 aliphatic carbocycles. The van der Waals surface area contributed by atoms with Gasteiger partial charge in [-0.2, -0.15) is 0 Å². The van der Waals surface area contributed by atoms with Crippen molar-refractivity contribution in [3.05, 3.63) is 71.0 Å². The second-order valence-corrected chi connectivity index (χ2v) is 8.62. The molecule has 146 valence electrons. The van der Waals surface area contributed by atoms with Crippen LogP contribution in [0.4, 0.5) is 4.39 Å². The summed E-state index contributed by atoms with van der Waals surface area (Å²) in [6.45, 7) is 5.12. The van der Waals surface area contributed by atoms with Crippen molar-refractivity contribution < 1.29 is 17.5 Å². The fraction of sp³-hybridized carbons (Fsp3) is 0.400. The molecule has 0 aromatic heterocycles. The van der Waals surface area contributed by atoms with Crippen molar-refractivity contribution >= 4 is 10.0 Å². The zero-order chi connectivity index (χ0) is 19.3. The molecule has 0 radical (unpaired) electrons. The van der Waals surface area contributed by atoms with Gasteiger partial charge in [0, 0.05) is 25.7 Å². The van der Waals surface area contributed by atoms with Gasteiger partial charge in [0.05, 0.1) is 19.0 Å². The molecule has 0 bridgehead atoms. The second-order valence-electron chi connectivity index (χ2n) is 6.81. The van der Waals surface area contributed by atoms with E-state index in [2.05, 4.69) is 15.7 Å². The van der Waals surface area contributed by atoms with E-state index in [4.69, 9.17) is 4.74 Å². The minimum Gasteiger partial charge on any atom is -0.379 e. The third-order valence-electron chi connectivity index (χ3n) is 4.68. The molecule has 2 aromatic carbocycles. The quantitative estimate of drug-likeness (QED) is 0.787. The molecular weight excluding hydrogens is 367 g/mol. The average molecular weight is 392 g/mol. The Bertz CT molecular complexity index is 850. The number of hydrogen-bond donors (Lipinski definition) is 1. The van der Waals surface area contributed by atoms with E-state index < -0.39 is 10.0 Å². The van der Waals surface area contributed by atoms with E-state index in [-0.39, 0.29) is 24.2 Å². The van der Waals surface area contributed by atoms with Gasteiger partial charge in [0.25, 0.3) is 0 Å². The fourth-order valence-corrected chi connectivity index (χ4v) is 4.43. The molecule has 3 rings (SSSR count). The molecule has 1 atom stereocenters. The van der Waals surface area contributed by atoms with Crippen molar-refractivity contribution in [2.24, 2.45) is 0 Å². The molecule has 1 heterocycles. The number of rotatable bonds is 7. The van der Waals surface area contributed by atoms with Crippen LogP contribution in [0.15, 0.2) is 48.5 Å². The number of hydrogen-bond acceptors (Lipinski definition) is 4. The summed E-state index contributed by atoms with van der Waals surface area (Å²) >= 11 is 0. The first-order valence-electron chi connectivity index (χ1n) is 9.03. The molecule has 1 aliphatic heterocycles. The van der Waals surface area contributed by atoms with Gasteiger partial charge in [0.1, 0.15) is 5.82 Å². The van der Waals surface area contributed by atoms with E-state index >= 15 is 0 Å². The monoisotopic (exact) mass is 392 g/mol. The lowest BCUT2D eigenvalue weighted by Crippen LogP contribution is -2.44. The van der Waals surface area contributed by atoms with E-state index in [9.17, 15) is 12.8 Å². The van der Waals surface area contributed by atoms with E-state index in [1.165, 1.54) is 24.3 Å². The van der Waals surface area contributed by atoms with Gasteiger partial charge in [-0.05, 0) is 30.2 Å². The van der Waals surface area contributed by atoms with Crippen LogP contribution in [0.3, 0.4) is 0 Å². The standard InChI is InChI=1S/C20H25FN2O3S/c1-16-3-2-4-18(13-16)20(23-9-11-26-12-10-23)14-22-27(24,25)15-17-5-7-19(21)8-6-17/h2-8,13,20,22H,9-12,14-15H2,1H3. The Morgan fingerprint density at radius 2 is 1.85 bits per heavy atom. The summed E-state index contributed by atoms with van der Waals surface area (Å²) in [6.07, 6.45) is 0. The summed E-state index contributed by atoms with van der Waals surface area (Å²) in [6, 6.07) is 13.6. The van der Waals surface area contributed by atoms with Gasteiger partial charge in [-0.3, -0.25) is 4.90 Å². The number of ether oxygens (including phenoxy) is 1. The fourth-order valence-electron chi connectivity index (χ4n) is 3.28. The molecule has 1 unspecified atom stereocenters. The van der Waals surface area contributed by atoms with Crippen LogP contribution < -0.4 is 4.72 Å². The van der Waals surface area contributed by atoms with Gasteiger partial charge < -0.3 is 4.74 Å². The Balaban J connectivity index is 1.72. The molecule has 1 aliphatic rings. The lowest BCUT2D eigenvalue weighted by Gasteiger charge is -2.35. The predicted octanol–water partition coefficient (Wildman–Crippen LogP) is 2.63. The molecule has 0 saturated carbocycles. The van der Waals surface area contributed by atoms with Crippen LogP contribution in [0.1, 0.15) is 22.7 Å². The van der Waals surface area contributed by atoms with Crippen LogP contribution >= 0.6 is 0 Å². The number of sulfonamides is 1. The Labute approximate surface area is 160 Å². The third kappa shape index (κ3) is 5.84. The molecule has 0 amide bonds. The minimum absolute atomic E-state index is 0.0585. The maximum absolute atomic E-state index is 13.0. The van der Waals surface area contributed by atoms with Crippen molar-refractivity contribution in [1.29, 1.82) is 0 Å². The van der Waals surface area contributed by atoms with Crippen molar-refractivity contribution in [2.75, 3.05) is 32.8 Å². The lowest BCUT2D eigenvalue weighted by atomic mass is 10.0. The first-order chi connectivity index (χ1) is 12.9. The lowest BCUT2D eigenvalue weighted by molar-refractivity contribution is 0.0172. The third-order valence-corrected chi connectivity index (χ3v) is 6.00. The first-order valence-corrected chi connectivity index (χ1v) is 10.7. The number of benzene rings is 2. The second kappa shape index (κ2) is 8.93. The molecule has 2 aromatic rings. The molecule has 1 fully saturated rings. The summed E-state index contributed by atoms with van der Waals surface area (Å²) in [4.78, 5) is 2.25. The van der Waals surface area contributed by atoms with E-state index in [0.717, 1.165) is 24.2 Å². The molecule has 7 heteroatoms. The molecule has 1 saturated heterocycles.